The van der Waals surface area contributed by atoms with Crippen molar-refractivity contribution in [2.45, 2.75) is 32.5 Å². The summed E-state index contributed by atoms with van der Waals surface area (Å²) in [6.45, 7) is 13.8. The predicted octanol–water partition coefficient (Wildman–Crippen LogP) is 3.06. The Bertz CT molecular complexity index is 1320. The number of hydrogen-bond acceptors (Lipinski definition) is 13. The highest BCUT2D eigenvalue weighted by molar-refractivity contribution is 5.82. The molecule has 14 heteroatoms. The lowest BCUT2D eigenvalue weighted by Crippen LogP contribution is -2.48. The smallest absolute Gasteiger partial charge is 0.152 e. The fraction of sp³-hybridized carbons (Fsp3) is 0.639. The summed E-state index contributed by atoms with van der Waals surface area (Å²) in [5, 5.41) is 24.3. The second kappa shape index (κ2) is 23.4. The number of nitrogens with one attached hydrogen (secondary N) is 2. The van der Waals surface area contributed by atoms with Gasteiger partial charge in [-0.3, -0.25) is 4.90 Å². The number of rotatable bonds is 27. The molecule has 1 atom stereocenters. The lowest BCUT2D eigenvalue weighted by molar-refractivity contribution is -0.0181. The summed E-state index contributed by atoms with van der Waals surface area (Å²) >= 11 is 0. The standard InChI is InChI=1S/C36H57N5O9/c1-29(2)38-33-5-3-8-37-35(33)40-9-11-41(12-10-40)36(43)34-28-30-27-31(6-7-32(30)39-34)50-26-25-49-24-23-48-22-21-47-20-19-46-18-17-45-16-15-44-14-4-13-42/h3,5-8,27-29,36,38-39,42-43H,4,9-26H2,1-2H3. The van der Waals surface area contributed by atoms with Crippen LogP contribution in [0.2, 0.25) is 0 Å². The van der Waals surface area contributed by atoms with E-state index >= 15 is 0 Å². The Morgan fingerprint density at radius 3 is 1.92 bits per heavy atom. The summed E-state index contributed by atoms with van der Waals surface area (Å²) in [4.78, 5) is 12.4. The highest BCUT2D eigenvalue weighted by Gasteiger charge is 2.26. The van der Waals surface area contributed by atoms with Crippen LogP contribution < -0.4 is 15.0 Å². The number of ether oxygens (including phenoxy) is 7. The molecular weight excluding hydrogens is 646 g/mol. The molecule has 4 rings (SSSR count). The van der Waals surface area contributed by atoms with E-state index in [-0.39, 0.29) is 6.61 Å². The Kier molecular flexibility index (Phi) is 18.6. The van der Waals surface area contributed by atoms with Gasteiger partial charge in [0.15, 0.2) is 5.82 Å². The lowest BCUT2D eigenvalue weighted by Gasteiger charge is -2.38. The Morgan fingerprint density at radius 2 is 1.34 bits per heavy atom. The number of nitrogens with zero attached hydrogens (tertiary/aromatic N) is 3. The van der Waals surface area contributed by atoms with Crippen LogP contribution in [0.15, 0.2) is 42.6 Å². The largest absolute Gasteiger partial charge is 0.491 e. The minimum atomic E-state index is -0.724. The van der Waals surface area contributed by atoms with Crippen molar-refractivity contribution >= 4 is 22.4 Å². The van der Waals surface area contributed by atoms with Crippen molar-refractivity contribution in [3.63, 3.8) is 0 Å². The SMILES string of the molecule is CC(C)Nc1cccnc1N1CCN(C(O)c2cc3cc(OCCOCCOCCOCCOCCOCCOCCCO)ccc3[nH]2)CC1. The lowest BCUT2D eigenvalue weighted by atomic mass is 10.2. The van der Waals surface area contributed by atoms with Gasteiger partial charge in [-0.05, 0) is 56.7 Å². The van der Waals surface area contributed by atoms with Crippen molar-refractivity contribution in [1.82, 2.24) is 14.9 Å². The third-order valence-electron chi connectivity index (χ3n) is 7.88. The van der Waals surface area contributed by atoms with Gasteiger partial charge >= 0.3 is 0 Å². The van der Waals surface area contributed by atoms with Gasteiger partial charge in [-0.15, -0.1) is 0 Å². The van der Waals surface area contributed by atoms with Crippen LogP contribution in [-0.4, -0.2) is 150 Å². The van der Waals surface area contributed by atoms with E-state index in [9.17, 15) is 5.11 Å². The highest BCUT2D eigenvalue weighted by Crippen LogP contribution is 2.29. The van der Waals surface area contributed by atoms with Crippen molar-refractivity contribution in [3.8, 4) is 5.75 Å². The monoisotopic (exact) mass is 703 g/mol. The van der Waals surface area contributed by atoms with E-state index in [4.69, 9.17) is 38.3 Å². The molecular formula is C36H57N5O9. The number of fused-ring (bicyclic) bond motifs is 1. The quantitative estimate of drug-likeness (QED) is 0.0862. The zero-order chi connectivity index (χ0) is 35.2. The van der Waals surface area contributed by atoms with Crippen molar-refractivity contribution < 1.29 is 43.4 Å². The van der Waals surface area contributed by atoms with Gasteiger partial charge in [-0.25, -0.2) is 4.98 Å². The number of anilines is 2. The molecule has 1 aliphatic rings. The van der Waals surface area contributed by atoms with Crippen LogP contribution >= 0.6 is 0 Å². The molecule has 0 saturated carbocycles. The first-order chi connectivity index (χ1) is 24.5. The van der Waals surface area contributed by atoms with Crippen LogP contribution in [0.5, 0.6) is 5.75 Å². The number of aliphatic hydroxyl groups is 2. The molecule has 4 N–H and O–H groups in total. The number of aliphatic hydroxyl groups excluding tert-OH is 2. The van der Waals surface area contributed by atoms with Gasteiger partial charge in [-0.1, -0.05) is 0 Å². The fourth-order valence-corrected chi connectivity index (χ4v) is 5.40. The van der Waals surface area contributed by atoms with Crippen molar-refractivity contribution in [3.05, 3.63) is 48.3 Å². The third kappa shape index (κ3) is 14.3. The summed E-state index contributed by atoms with van der Waals surface area (Å²) in [5.41, 5.74) is 2.75. The molecule has 1 unspecified atom stereocenters. The average molecular weight is 704 g/mol. The number of aromatic amines is 1. The molecule has 280 valence electrons. The first-order valence-electron chi connectivity index (χ1n) is 17.8. The number of piperazine rings is 1. The Hall–Kier alpha value is -3.05. The zero-order valence-electron chi connectivity index (χ0n) is 29.7. The topological polar surface area (TPSA) is 152 Å². The first-order valence-corrected chi connectivity index (χ1v) is 17.8. The van der Waals surface area contributed by atoms with Crippen LogP contribution in [0.4, 0.5) is 11.5 Å². The van der Waals surface area contributed by atoms with E-state index in [1.807, 2.05) is 36.5 Å². The molecule has 0 bridgehead atoms. The molecule has 1 aromatic carbocycles. The summed E-state index contributed by atoms with van der Waals surface area (Å²) in [7, 11) is 0. The van der Waals surface area contributed by atoms with E-state index in [1.165, 1.54) is 0 Å². The molecule has 3 heterocycles. The molecule has 0 spiro atoms. The molecule has 0 amide bonds. The maximum absolute atomic E-state index is 11.2. The molecule has 0 radical (unpaired) electrons. The first kappa shape index (κ1) is 39.7. The predicted molar refractivity (Wildman–Crippen MR) is 192 cm³/mol. The maximum atomic E-state index is 11.2. The second-order valence-electron chi connectivity index (χ2n) is 12.1. The summed E-state index contributed by atoms with van der Waals surface area (Å²) < 4.78 is 38.7. The zero-order valence-corrected chi connectivity index (χ0v) is 29.7. The Balaban J connectivity index is 1.01. The van der Waals surface area contributed by atoms with Gasteiger partial charge in [0.05, 0.1) is 84.1 Å². The summed E-state index contributed by atoms with van der Waals surface area (Å²) in [5.74, 6) is 1.71. The molecule has 2 aromatic heterocycles. The van der Waals surface area contributed by atoms with E-state index in [0.29, 0.717) is 98.4 Å². The van der Waals surface area contributed by atoms with E-state index in [1.54, 1.807) is 0 Å². The minimum absolute atomic E-state index is 0.144. The van der Waals surface area contributed by atoms with Crippen LogP contribution in [0, 0.1) is 0 Å². The molecule has 14 nitrogen and oxygen atoms in total. The van der Waals surface area contributed by atoms with E-state index in [2.05, 4.69) is 45.0 Å². The van der Waals surface area contributed by atoms with Crippen molar-refractivity contribution in [2.24, 2.45) is 0 Å². The van der Waals surface area contributed by atoms with E-state index < -0.39 is 6.23 Å². The van der Waals surface area contributed by atoms with Crippen LogP contribution in [0.3, 0.4) is 0 Å². The molecule has 1 aliphatic heterocycles. The average Bonchev–Trinajstić information content (AvgIpc) is 3.56. The number of H-pyrrole nitrogens is 1. The highest BCUT2D eigenvalue weighted by atomic mass is 16.6. The van der Waals surface area contributed by atoms with Crippen molar-refractivity contribution in [2.75, 3.05) is 129 Å². The van der Waals surface area contributed by atoms with Gasteiger partial charge in [0, 0.05) is 62.5 Å². The summed E-state index contributed by atoms with van der Waals surface area (Å²) in [6, 6.07) is 12.2. The number of aromatic nitrogens is 2. The number of pyridine rings is 1. The molecule has 0 aliphatic carbocycles. The summed E-state index contributed by atoms with van der Waals surface area (Å²) in [6.07, 6.45) is 1.75. The van der Waals surface area contributed by atoms with Gasteiger partial charge < -0.3 is 58.6 Å². The molecule has 3 aromatic rings. The van der Waals surface area contributed by atoms with Gasteiger partial charge in [-0.2, -0.15) is 0 Å². The third-order valence-corrected chi connectivity index (χ3v) is 7.88. The van der Waals surface area contributed by atoms with Crippen LogP contribution in [-0.2, 0) is 28.4 Å². The van der Waals surface area contributed by atoms with Gasteiger partial charge in [0.1, 0.15) is 18.6 Å². The number of hydrogen-bond donors (Lipinski definition) is 4. The Labute approximate surface area is 295 Å². The molecule has 1 saturated heterocycles. The second-order valence-corrected chi connectivity index (χ2v) is 12.1. The van der Waals surface area contributed by atoms with Gasteiger partial charge in [0.2, 0.25) is 0 Å². The maximum Gasteiger partial charge on any atom is 0.152 e. The van der Waals surface area contributed by atoms with E-state index in [0.717, 1.165) is 60.0 Å². The minimum Gasteiger partial charge on any atom is -0.491 e. The van der Waals surface area contributed by atoms with Crippen LogP contribution in [0.25, 0.3) is 10.9 Å². The normalized spacial score (nSPS) is 14.5. The Morgan fingerprint density at radius 1 is 0.760 bits per heavy atom. The number of benzene rings is 1. The molecule has 50 heavy (non-hydrogen) atoms. The molecule has 1 fully saturated rings. The van der Waals surface area contributed by atoms with Crippen LogP contribution in [0.1, 0.15) is 32.2 Å². The van der Waals surface area contributed by atoms with Crippen molar-refractivity contribution in [1.29, 1.82) is 0 Å². The fourth-order valence-electron chi connectivity index (χ4n) is 5.40. The van der Waals surface area contributed by atoms with Gasteiger partial charge in [0.25, 0.3) is 0 Å².